The molecule has 3 amide bonds. The zero-order chi connectivity index (χ0) is 51.3. The van der Waals surface area contributed by atoms with Crippen LogP contribution in [0.3, 0.4) is 0 Å². The van der Waals surface area contributed by atoms with E-state index in [9.17, 15) is 93.8 Å². The van der Waals surface area contributed by atoms with Crippen molar-refractivity contribution in [1.29, 1.82) is 0 Å². The summed E-state index contributed by atoms with van der Waals surface area (Å²) in [4.78, 5) is 59.5. The van der Waals surface area contributed by atoms with Gasteiger partial charge in [-0.2, -0.15) is 74.6 Å². The Bertz CT molecular complexity index is 2320. The maximum absolute atomic E-state index is 14.9. The Morgan fingerprint density at radius 1 is 0.662 bits per heavy atom. The SMILES string of the molecule is CCN1C(=O)[C@H]2[C@@H](c3ccc(Cl)cc3)N(C(=O)CNCc3ccccc3)[C@@](Cc3ccccc3)(C(=O)OCCCC(F)(F)C(F)(F)C(F)(F)C(F)(F)C(F)(F)C(F)(F)C(F)(F)C(F)(F)F)[C@H]2C1=O. The predicted molar refractivity (Wildman–Crippen MR) is 202 cm³/mol. The van der Waals surface area contributed by atoms with E-state index in [0.717, 1.165) is 9.80 Å². The number of hydrogen-bond donors (Lipinski definition) is 1. The molecule has 0 aliphatic carbocycles. The fraction of sp³-hybridized carbons (Fsp3) is 0.476. The van der Waals surface area contributed by atoms with Crippen LogP contribution in [0.15, 0.2) is 84.9 Å². The molecule has 3 aromatic rings. The van der Waals surface area contributed by atoms with Gasteiger partial charge in [0.05, 0.1) is 31.0 Å². The minimum absolute atomic E-state index is 0.0143. The third kappa shape index (κ3) is 8.62. The highest BCUT2D eigenvalue weighted by molar-refractivity contribution is 6.30. The number of rotatable bonds is 19. The van der Waals surface area contributed by atoms with E-state index in [1.165, 1.54) is 61.5 Å². The molecule has 2 heterocycles. The van der Waals surface area contributed by atoms with Gasteiger partial charge in [0.2, 0.25) is 17.7 Å². The number of nitrogens with one attached hydrogen (secondary N) is 1. The number of fused-ring (bicyclic) bond motifs is 1. The van der Waals surface area contributed by atoms with Crippen molar-refractivity contribution in [2.45, 2.75) is 91.9 Å². The van der Waals surface area contributed by atoms with E-state index in [1.807, 2.05) is 0 Å². The summed E-state index contributed by atoms with van der Waals surface area (Å²) in [5.41, 5.74) is -1.80. The summed E-state index contributed by atoms with van der Waals surface area (Å²) in [6.45, 7) is -1.22. The third-order valence-electron chi connectivity index (χ3n) is 11.6. The topological polar surface area (TPSA) is 96.0 Å². The fourth-order valence-electron chi connectivity index (χ4n) is 8.17. The van der Waals surface area contributed by atoms with E-state index in [-0.39, 0.29) is 29.2 Å². The Morgan fingerprint density at radius 3 is 1.65 bits per heavy atom. The summed E-state index contributed by atoms with van der Waals surface area (Å²) in [6.07, 6.45) is -13.4. The minimum Gasteiger partial charge on any atom is -0.464 e. The van der Waals surface area contributed by atoms with Crippen molar-refractivity contribution in [3.8, 4) is 0 Å². The van der Waals surface area contributed by atoms with Crippen molar-refractivity contribution in [3.63, 3.8) is 0 Å². The monoisotopic (exact) mass is 1020 g/mol. The van der Waals surface area contributed by atoms with Crippen molar-refractivity contribution in [1.82, 2.24) is 15.1 Å². The van der Waals surface area contributed by atoms with Crippen LogP contribution < -0.4 is 5.32 Å². The number of amides is 3. The van der Waals surface area contributed by atoms with E-state index < -0.39 is 127 Å². The highest BCUT2D eigenvalue weighted by atomic mass is 35.5. The van der Waals surface area contributed by atoms with Gasteiger partial charge < -0.3 is 15.0 Å². The Kier molecular flexibility index (Phi) is 14.7. The van der Waals surface area contributed by atoms with Gasteiger partial charge in [-0.05, 0) is 42.2 Å². The van der Waals surface area contributed by atoms with Gasteiger partial charge in [0, 0.05) is 31.0 Å². The molecule has 68 heavy (non-hydrogen) atoms. The van der Waals surface area contributed by atoms with E-state index in [0.29, 0.717) is 5.56 Å². The van der Waals surface area contributed by atoms with E-state index in [4.69, 9.17) is 16.3 Å². The molecule has 3 aromatic carbocycles. The normalized spacial score (nSPS) is 21.1. The maximum Gasteiger partial charge on any atom is 0.460 e. The van der Waals surface area contributed by atoms with Crippen LogP contribution in [-0.2, 0) is 36.9 Å². The lowest BCUT2D eigenvalue weighted by molar-refractivity contribution is -0.461. The summed E-state index contributed by atoms with van der Waals surface area (Å²) in [7, 11) is 0. The zero-order valence-corrected chi connectivity index (χ0v) is 35.3. The van der Waals surface area contributed by atoms with E-state index in [1.54, 1.807) is 30.3 Å². The average Bonchev–Trinajstić information content (AvgIpc) is 3.70. The lowest BCUT2D eigenvalue weighted by atomic mass is 9.75. The predicted octanol–water partition coefficient (Wildman–Crippen LogP) is 9.95. The lowest BCUT2D eigenvalue weighted by Crippen LogP contribution is -2.74. The van der Waals surface area contributed by atoms with Crippen molar-refractivity contribution in [2.24, 2.45) is 11.8 Å². The number of imide groups is 1. The number of ether oxygens (including phenoxy) is 1. The van der Waals surface area contributed by atoms with Crippen LogP contribution in [0, 0.1) is 11.8 Å². The lowest BCUT2D eigenvalue weighted by Gasteiger charge is -2.43. The Labute approximate surface area is 378 Å². The molecule has 8 nitrogen and oxygen atoms in total. The summed E-state index contributed by atoms with van der Waals surface area (Å²) in [6, 6.07) is 19.3. The van der Waals surface area contributed by atoms with Crippen molar-refractivity contribution in [3.05, 3.63) is 107 Å². The number of esters is 1. The zero-order valence-electron chi connectivity index (χ0n) is 34.5. The third-order valence-corrected chi connectivity index (χ3v) is 11.8. The number of alkyl halides is 17. The Balaban J connectivity index is 1.53. The van der Waals surface area contributed by atoms with Crippen molar-refractivity contribution in [2.75, 3.05) is 19.7 Å². The second kappa shape index (κ2) is 18.6. The van der Waals surface area contributed by atoms with Crippen LogP contribution in [0.1, 0.15) is 42.5 Å². The first-order chi connectivity index (χ1) is 31.2. The highest BCUT2D eigenvalue weighted by Gasteiger charge is 2.95. The Morgan fingerprint density at radius 2 is 1.15 bits per heavy atom. The number of benzene rings is 3. The number of hydrogen-bond acceptors (Lipinski definition) is 6. The van der Waals surface area contributed by atoms with Gasteiger partial charge in [0.15, 0.2) is 5.54 Å². The second-order valence-corrected chi connectivity index (χ2v) is 16.2. The number of nitrogens with zero attached hydrogens (tertiary/aromatic N) is 2. The smallest absolute Gasteiger partial charge is 0.460 e. The summed E-state index contributed by atoms with van der Waals surface area (Å²) >= 11 is 6.11. The van der Waals surface area contributed by atoms with Gasteiger partial charge >= 0.3 is 53.6 Å². The molecule has 5 rings (SSSR count). The summed E-state index contributed by atoms with van der Waals surface area (Å²) in [5.74, 6) is -66.0. The molecule has 2 fully saturated rings. The molecule has 0 unspecified atom stereocenters. The Hall–Kier alpha value is -5.20. The minimum atomic E-state index is -8.81. The summed E-state index contributed by atoms with van der Waals surface area (Å²) < 4.78 is 242. The highest BCUT2D eigenvalue weighted by Crippen LogP contribution is 2.64. The first-order valence-electron chi connectivity index (χ1n) is 19.8. The first-order valence-corrected chi connectivity index (χ1v) is 20.2. The maximum atomic E-state index is 14.9. The van der Waals surface area contributed by atoms with Gasteiger partial charge in [-0.15, -0.1) is 0 Å². The van der Waals surface area contributed by atoms with Gasteiger partial charge in [-0.1, -0.05) is 84.4 Å². The molecule has 374 valence electrons. The van der Waals surface area contributed by atoms with Crippen LogP contribution in [0.2, 0.25) is 5.02 Å². The molecule has 2 saturated heterocycles. The number of carbonyl (C=O) groups excluding carboxylic acids is 4. The van der Waals surface area contributed by atoms with Crippen LogP contribution >= 0.6 is 11.6 Å². The van der Waals surface area contributed by atoms with Gasteiger partial charge in [0.25, 0.3) is 0 Å². The molecule has 1 N–H and O–H groups in total. The fourth-order valence-corrected chi connectivity index (χ4v) is 8.29. The molecular weight excluding hydrogens is 985 g/mol. The van der Waals surface area contributed by atoms with Crippen LogP contribution in [0.25, 0.3) is 0 Å². The van der Waals surface area contributed by atoms with Crippen LogP contribution in [-0.4, -0.2) is 106 Å². The van der Waals surface area contributed by atoms with E-state index in [2.05, 4.69) is 5.32 Å². The van der Waals surface area contributed by atoms with Crippen molar-refractivity contribution < 1.29 is 98.6 Å². The molecular formula is C42H35ClF17N3O5. The molecule has 0 bridgehead atoms. The number of likely N-dealkylation sites (tertiary alicyclic amines) is 2. The molecule has 0 radical (unpaired) electrons. The molecule has 0 saturated carbocycles. The van der Waals surface area contributed by atoms with Gasteiger partial charge in [-0.3, -0.25) is 19.3 Å². The molecule has 2 aliphatic heterocycles. The summed E-state index contributed by atoms with van der Waals surface area (Å²) in [5, 5.41) is 3.00. The number of carbonyl (C=O) groups is 4. The first kappa shape index (κ1) is 53.8. The number of halogens is 18. The molecule has 0 aromatic heterocycles. The van der Waals surface area contributed by atoms with Crippen molar-refractivity contribution >= 4 is 35.3 Å². The second-order valence-electron chi connectivity index (χ2n) is 15.7. The molecule has 2 aliphatic rings. The molecule has 0 spiro atoms. The van der Waals surface area contributed by atoms with Crippen LogP contribution in [0.5, 0.6) is 0 Å². The standard InChI is InChI=1S/C42H35ClF17N3O5/c1-2-62-31(65)28-29(32(62)66)34(20-23-10-5-3-6-11-23,63(30(28)25-14-16-26(43)17-15-25)27(64)22-61-21-24-12-7-4-8-13-24)33(67)68-19-9-18-35(44,45)36(46,47)37(48,49)38(50,51)39(52,53)40(54,55)41(56,57)42(58,59)60/h3-8,10-17,28-30,61H,2,9,18-22H2,1H3/t28-,29-,30-,34-/m1/s1. The van der Waals surface area contributed by atoms with Gasteiger partial charge in [0.1, 0.15) is 0 Å². The van der Waals surface area contributed by atoms with Crippen LogP contribution in [0.4, 0.5) is 74.6 Å². The average molecular weight is 1020 g/mol. The molecule has 4 atom stereocenters. The van der Waals surface area contributed by atoms with Gasteiger partial charge in [-0.25, -0.2) is 4.79 Å². The quantitative estimate of drug-likeness (QED) is 0.0557. The largest absolute Gasteiger partial charge is 0.464 e. The van der Waals surface area contributed by atoms with E-state index >= 15 is 0 Å². The molecule has 26 heteroatoms.